The van der Waals surface area contributed by atoms with E-state index < -0.39 is 0 Å². The maximum absolute atomic E-state index is 12.8. The molecule has 0 fully saturated rings. The molecule has 0 aliphatic carbocycles. The summed E-state index contributed by atoms with van der Waals surface area (Å²) in [6.45, 7) is 2.01. The topological polar surface area (TPSA) is 78.3 Å². The van der Waals surface area contributed by atoms with E-state index in [1.165, 1.54) is 6.20 Å². The molecule has 2 aromatic carbocycles. The highest BCUT2D eigenvalue weighted by atomic mass is 35.5. The van der Waals surface area contributed by atoms with Gasteiger partial charge in [-0.25, -0.2) is 9.67 Å². The largest absolute Gasteiger partial charge is 0.454 e. The Labute approximate surface area is 170 Å². The highest BCUT2D eigenvalue weighted by Gasteiger charge is 2.21. The number of carbonyl (C=O) groups is 1. The third kappa shape index (κ3) is 2.96. The normalized spacial score (nSPS) is 12.3. The van der Waals surface area contributed by atoms with Crippen molar-refractivity contribution in [2.24, 2.45) is 0 Å². The van der Waals surface area contributed by atoms with E-state index in [2.05, 4.69) is 15.4 Å². The van der Waals surface area contributed by atoms with Gasteiger partial charge in [-0.1, -0.05) is 29.8 Å². The van der Waals surface area contributed by atoms with Crippen molar-refractivity contribution in [2.75, 3.05) is 12.1 Å². The maximum Gasteiger partial charge on any atom is 0.258 e. The molecule has 0 saturated heterocycles. The van der Waals surface area contributed by atoms with E-state index in [1.54, 1.807) is 22.9 Å². The first-order valence-electron chi connectivity index (χ1n) is 8.92. The van der Waals surface area contributed by atoms with Gasteiger partial charge < -0.3 is 14.8 Å². The lowest BCUT2D eigenvalue weighted by atomic mass is 10.2. The first-order valence-corrected chi connectivity index (χ1v) is 9.30. The molecule has 4 aromatic rings. The molecule has 3 heterocycles. The molecule has 29 heavy (non-hydrogen) atoms. The minimum atomic E-state index is -0.366. The van der Waals surface area contributed by atoms with Crippen LogP contribution in [0.3, 0.4) is 0 Å². The number of hydrogen-bond acceptors (Lipinski definition) is 5. The molecular formula is C21H15ClN4O3. The molecular weight excluding hydrogens is 392 g/mol. The van der Waals surface area contributed by atoms with Crippen molar-refractivity contribution in [3.63, 3.8) is 0 Å². The number of nitrogens with zero attached hydrogens (tertiary/aromatic N) is 3. The second-order valence-electron chi connectivity index (χ2n) is 6.54. The number of aromatic nitrogens is 3. The molecule has 7 nitrogen and oxygen atoms in total. The molecule has 1 N–H and O–H groups in total. The number of anilines is 1. The third-order valence-electron chi connectivity index (χ3n) is 4.68. The Hall–Kier alpha value is -3.58. The Morgan fingerprint density at radius 3 is 2.76 bits per heavy atom. The molecule has 8 heteroatoms. The molecule has 1 aliphatic heterocycles. The number of aryl methyl sites for hydroxylation is 1. The van der Waals surface area contributed by atoms with Gasteiger partial charge in [0.25, 0.3) is 5.91 Å². The number of carbonyl (C=O) groups excluding carboxylic acids is 1. The molecule has 0 spiro atoms. The molecule has 0 unspecified atom stereocenters. The lowest BCUT2D eigenvalue weighted by Gasteiger charge is -2.08. The summed E-state index contributed by atoms with van der Waals surface area (Å²) in [5.74, 6) is 0.866. The van der Waals surface area contributed by atoms with Crippen molar-refractivity contribution < 1.29 is 14.3 Å². The quantitative estimate of drug-likeness (QED) is 0.546. The van der Waals surface area contributed by atoms with Gasteiger partial charge in [-0.15, -0.1) is 0 Å². The number of halogens is 1. The van der Waals surface area contributed by atoms with Gasteiger partial charge in [0.15, 0.2) is 17.1 Å². The Morgan fingerprint density at radius 1 is 1.14 bits per heavy atom. The van der Waals surface area contributed by atoms with E-state index in [0.717, 1.165) is 5.69 Å². The highest BCUT2D eigenvalue weighted by molar-refractivity contribution is 6.39. The van der Waals surface area contributed by atoms with Crippen LogP contribution in [0.5, 0.6) is 11.5 Å². The van der Waals surface area contributed by atoms with Crippen molar-refractivity contribution in [1.82, 2.24) is 14.8 Å². The fourth-order valence-electron chi connectivity index (χ4n) is 3.29. The molecule has 0 radical (unpaired) electrons. The number of pyridine rings is 1. The molecule has 2 aromatic heterocycles. The maximum atomic E-state index is 12.8. The summed E-state index contributed by atoms with van der Waals surface area (Å²) in [7, 11) is 0. The van der Waals surface area contributed by atoms with E-state index in [1.807, 2.05) is 37.3 Å². The number of para-hydroxylation sites is 1. The lowest BCUT2D eigenvalue weighted by Crippen LogP contribution is -2.13. The second kappa shape index (κ2) is 6.79. The van der Waals surface area contributed by atoms with Crippen LogP contribution in [0.4, 0.5) is 5.69 Å². The van der Waals surface area contributed by atoms with E-state index in [-0.39, 0.29) is 18.3 Å². The Bertz CT molecular complexity index is 1250. The van der Waals surface area contributed by atoms with Gasteiger partial charge in [0.1, 0.15) is 0 Å². The Kier molecular flexibility index (Phi) is 4.10. The average molecular weight is 407 g/mol. The van der Waals surface area contributed by atoms with E-state index in [9.17, 15) is 4.79 Å². The van der Waals surface area contributed by atoms with Crippen LogP contribution in [-0.2, 0) is 0 Å². The first-order chi connectivity index (χ1) is 14.1. The van der Waals surface area contributed by atoms with Crippen molar-refractivity contribution in [1.29, 1.82) is 0 Å². The number of fused-ring (bicyclic) bond motifs is 2. The number of amides is 1. The molecule has 5 rings (SSSR count). The van der Waals surface area contributed by atoms with Gasteiger partial charge in [0.2, 0.25) is 6.79 Å². The van der Waals surface area contributed by atoms with Gasteiger partial charge in [0, 0.05) is 18.0 Å². The van der Waals surface area contributed by atoms with Crippen molar-refractivity contribution in [3.05, 3.63) is 71.0 Å². The lowest BCUT2D eigenvalue weighted by molar-refractivity contribution is 0.102. The monoisotopic (exact) mass is 406 g/mol. The van der Waals surface area contributed by atoms with Gasteiger partial charge in [-0.3, -0.25) is 4.79 Å². The standard InChI is InChI=1S/C21H15ClN4O3/c1-12-18-19(22)15(10-23-20(18)26(25-12)14-5-3-2-4-6-14)21(27)24-13-7-8-16-17(9-13)29-11-28-16/h2-10H,11H2,1H3,(H,24,27). The first kappa shape index (κ1) is 17.5. The van der Waals surface area contributed by atoms with Crippen LogP contribution < -0.4 is 14.8 Å². The van der Waals surface area contributed by atoms with Crippen molar-refractivity contribution >= 4 is 34.2 Å². The third-order valence-corrected chi connectivity index (χ3v) is 5.08. The van der Waals surface area contributed by atoms with Crippen molar-refractivity contribution in [2.45, 2.75) is 6.92 Å². The minimum absolute atomic E-state index is 0.170. The number of benzene rings is 2. The van der Waals surface area contributed by atoms with Crippen LogP contribution in [-0.4, -0.2) is 27.5 Å². The fraction of sp³-hybridized carbons (Fsp3) is 0.0952. The zero-order valence-electron chi connectivity index (χ0n) is 15.3. The molecule has 0 saturated carbocycles. The Balaban J connectivity index is 1.52. The summed E-state index contributed by atoms with van der Waals surface area (Å²) in [6.07, 6.45) is 1.47. The summed E-state index contributed by atoms with van der Waals surface area (Å²) >= 11 is 6.60. The summed E-state index contributed by atoms with van der Waals surface area (Å²) in [5, 5.41) is 8.34. The van der Waals surface area contributed by atoms with Gasteiger partial charge >= 0.3 is 0 Å². The van der Waals surface area contributed by atoms with E-state index in [4.69, 9.17) is 21.1 Å². The number of ether oxygens (including phenoxy) is 2. The molecule has 1 amide bonds. The molecule has 0 bridgehead atoms. The predicted molar refractivity (Wildman–Crippen MR) is 109 cm³/mol. The van der Waals surface area contributed by atoms with Crippen LogP contribution in [0.2, 0.25) is 5.02 Å². The van der Waals surface area contributed by atoms with Crippen LogP contribution in [0.1, 0.15) is 16.1 Å². The number of nitrogens with one attached hydrogen (secondary N) is 1. The predicted octanol–water partition coefficient (Wildman–Crippen LogP) is 4.36. The molecule has 0 atom stereocenters. The summed E-state index contributed by atoms with van der Waals surface area (Å²) in [5.41, 5.74) is 3.00. The highest BCUT2D eigenvalue weighted by Crippen LogP contribution is 2.35. The van der Waals surface area contributed by atoms with Gasteiger partial charge in [0.05, 0.1) is 27.4 Å². The smallest absolute Gasteiger partial charge is 0.258 e. The van der Waals surface area contributed by atoms with E-state index in [0.29, 0.717) is 38.9 Å². The van der Waals surface area contributed by atoms with Crippen LogP contribution in [0, 0.1) is 6.92 Å². The molecule has 144 valence electrons. The zero-order valence-corrected chi connectivity index (χ0v) is 16.1. The number of rotatable bonds is 3. The summed E-state index contributed by atoms with van der Waals surface area (Å²) in [6, 6.07) is 14.8. The van der Waals surface area contributed by atoms with Crippen LogP contribution in [0.25, 0.3) is 16.7 Å². The van der Waals surface area contributed by atoms with Crippen LogP contribution in [0.15, 0.2) is 54.7 Å². The van der Waals surface area contributed by atoms with Gasteiger partial charge in [-0.2, -0.15) is 5.10 Å². The summed E-state index contributed by atoms with van der Waals surface area (Å²) < 4.78 is 12.4. The van der Waals surface area contributed by atoms with Crippen LogP contribution >= 0.6 is 11.6 Å². The van der Waals surface area contributed by atoms with Crippen molar-refractivity contribution in [3.8, 4) is 17.2 Å². The average Bonchev–Trinajstić information content (AvgIpc) is 3.33. The van der Waals surface area contributed by atoms with Gasteiger partial charge in [-0.05, 0) is 31.2 Å². The SMILES string of the molecule is Cc1nn(-c2ccccc2)c2ncc(C(=O)Nc3ccc4c(c3)OCO4)c(Cl)c12. The zero-order chi connectivity index (χ0) is 20.0. The Morgan fingerprint density at radius 2 is 1.93 bits per heavy atom. The number of hydrogen-bond donors (Lipinski definition) is 1. The minimum Gasteiger partial charge on any atom is -0.454 e. The van der Waals surface area contributed by atoms with E-state index >= 15 is 0 Å². The molecule has 1 aliphatic rings. The second-order valence-corrected chi connectivity index (χ2v) is 6.92. The fourth-order valence-corrected chi connectivity index (χ4v) is 3.64. The summed E-state index contributed by atoms with van der Waals surface area (Å²) in [4.78, 5) is 17.3.